The third kappa shape index (κ3) is 4.74. The lowest BCUT2D eigenvalue weighted by Crippen LogP contribution is -2.34. The Labute approximate surface area is 103 Å². The van der Waals surface area contributed by atoms with Crippen molar-refractivity contribution in [1.29, 1.82) is 0 Å². The summed E-state index contributed by atoms with van der Waals surface area (Å²) < 4.78 is 4.62. The second-order valence-electron chi connectivity index (χ2n) is 4.34. The summed E-state index contributed by atoms with van der Waals surface area (Å²) in [6, 6.07) is 0.616. The van der Waals surface area contributed by atoms with Crippen molar-refractivity contribution in [3.05, 3.63) is 0 Å². The molecule has 1 atom stereocenters. The highest BCUT2D eigenvalue weighted by atomic mass is 32.2. The molecule has 1 aliphatic rings. The van der Waals surface area contributed by atoms with Crippen molar-refractivity contribution in [3.63, 3.8) is 0 Å². The summed E-state index contributed by atoms with van der Waals surface area (Å²) in [5, 5.41) is 3.41. The quantitative estimate of drug-likeness (QED) is 0.550. The molecule has 16 heavy (non-hydrogen) atoms. The van der Waals surface area contributed by atoms with E-state index in [0.29, 0.717) is 12.5 Å². The molecular weight excluding hydrogens is 222 g/mol. The fraction of sp³-hybridized carbons (Fsp3) is 0.917. The third-order valence-corrected chi connectivity index (χ3v) is 4.40. The highest BCUT2D eigenvalue weighted by Gasteiger charge is 2.23. The fourth-order valence-electron chi connectivity index (χ4n) is 2.28. The van der Waals surface area contributed by atoms with Crippen molar-refractivity contribution < 1.29 is 9.53 Å². The molecule has 0 aromatic heterocycles. The first kappa shape index (κ1) is 13.8. The number of hydrogen-bond acceptors (Lipinski definition) is 4. The molecule has 0 aliphatic heterocycles. The molecule has 1 N–H and O–H groups in total. The van der Waals surface area contributed by atoms with E-state index in [1.165, 1.54) is 32.8 Å². The van der Waals surface area contributed by atoms with Gasteiger partial charge in [0, 0.05) is 17.5 Å². The van der Waals surface area contributed by atoms with Gasteiger partial charge >= 0.3 is 5.97 Å². The lowest BCUT2D eigenvalue weighted by Gasteiger charge is -2.22. The lowest BCUT2D eigenvalue weighted by molar-refractivity contribution is -0.140. The number of nitrogens with one attached hydrogen (secondary N) is 1. The number of carbonyl (C=O) groups is 1. The van der Waals surface area contributed by atoms with Gasteiger partial charge in [-0.3, -0.25) is 4.79 Å². The number of carbonyl (C=O) groups excluding carboxylic acids is 1. The molecule has 1 unspecified atom stereocenters. The molecular formula is C12H23NO2S. The summed E-state index contributed by atoms with van der Waals surface area (Å²) in [7, 11) is 3.49. The van der Waals surface area contributed by atoms with Crippen LogP contribution >= 0.6 is 11.8 Å². The first-order chi connectivity index (χ1) is 7.77. The van der Waals surface area contributed by atoms with E-state index in [0.717, 1.165) is 17.4 Å². The minimum atomic E-state index is -0.102. The number of rotatable bonds is 7. The Morgan fingerprint density at radius 3 is 2.75 bits per heavy atom. The van der Waals surface area contributed by atoms with Gasteiger partial charge in [0.1, 0.15) is 0 Å². The van der Waals surface area contributed by atoms with Gasteiger partial charge in [0.25, 0.3) is 0 Å². The number of methoxy groups -OCH3 is 1. The summed E-state index contributed by atoms with van der Waals surface area (Å²) in [5.41, 5.74) is 0. The van der Waals surface area contributed by atoms with Gasteiger partial charge in [0.2, 0.25) is 0 Å². The second-order valence-corrected chi connectivity index (χ2v) is 5.49. The highest BCUT2D eigenvalue weighted by Crippen LogP contribution is 2.29. The van der Waals surface area contributed by atoms with Crippen LogP contribution in [0.4, 0.5) is 0 Å². The van der Waals surface area contributed by atoms with Crippen LogP contribution in [0.15, 0.2) is 0 Å². The van der Waals surface area contributed by atoms with Crippen molar-refractivity contribution >= 4 is 17.7 Å². The molecule has 0 spiro atoms. The number of hydrogen-bond donors (Lipinski definition) is 1. The van der Waals surface area contributed by atoms with Gasteiger partial charge in [-0.25, -0.2) is 0 Å². The topological polar surface area (TPSA) is 38.3 Å². The van der Waals surface area contributed by atoms with Crippen molar-refractivity contribution in [1.82, 2.24) is 5.32 Å². The SMILES string of the molecule is CNC(CSCCC(=O)OC)C1CCCC1. The summed E-state index contributed by atoms with van der Waals surface area (Å²) in [6.45, 7) is 0. The van der Waals surface area contributed by atoms with Gasteiger partial charge in [0.15, 0.2) is 0 Å². The van der Waals surface area contributed by atoms with Crippen LogP contribution in [-0.4, -0.2) is 37.7 Å². The van der Waals surface area contributed by atoms with Crippen LogP contribution < -0.4 is 5.32 Å². The summed E-state index contributed by atoms with van der Waals surface area (Å²) in [5.74, 6) is 2.72. The molecule has 0 heterocycles. The van der Waals surface area contributed by atoms with E-state index in [9.17, 15) is 4.79 Å². The molecule has 0 aromatic rings. The molecule has 1 fully saturated rings. The number of thioether (sulfide) groups is 1. The molecule has 94 valence electrons. The first-order valence-electron chi connectivity index (χ1n) is 6.09. The molecule has 1 rings (SSSR count). The Morgan fingerprint density at radius 1 is 1.50 bits per heavy atom. The van der Waals surface area contributed by atoms with E-state index < -0.39 is 0 Å². The maximum Gasteiger partial charge on any atom is 0.306 e. The molecule has 0 bridgehead atoms. The molecule has 0 aromatic carbocycles. The Hall–Kier alpha value is -0.220. The van der Waals surface area contributed by atoms with E-state index in [2.05, 4.69) is 10.1 Å². The van der Waals surface area contributed by atoms with E-state index >= 15 is 0 Å². The van der Waals surface area contributed by atoms with E-state index in [1.807, 2.05) is 18.8 Å². The van der Waals surface area contributed by atoms with Gasteiger partial charge in [0.05, 0.1) is 13.5 Å². The van der Waals surface area contributed by atoms with Crippen molar-refractivity contribution in [3.8, 4) is 0 Å². The minimum absolute atomic E-state index is 0.102. The zero-order valence-corrected chi connectivity index (χ0v) is 11.1. The van der Waals surface area contributed by atoms with Crippen molar-refractivity contribution in [2.45, 2.75) is 38.1 Å². The molecule has 1 saturated carbocycles. The summed E-state index contributed by atoms with van der Waals surface area (Å²) >= 11 is 1.85. The van der Waals surface area contributed by atoms with Crippen LogP contribution in [0.5, 0.6) is 0 Å². The van der Waals surface area contributed by atoms with E-state index in [4.69, 9.17) is 0 Å². The van der Waals surface area contributed by atoms with Gasteiger partial charge < -0.3 is 10.1 Å². The lowest BCUT2D eigenvalue weighted by atomic mass is 10.0. The Bertz CT molecular complexity index is 205. The summed E-state index contributed by atoms with van der Waals surface area (Å²) in [4.78, 5) is 10.9. The minimum Gasteiger partial charge on any atom is -0.469 e. The molecule has 0 radical (unpaired) electrons. The normalized spacial score (nSPS) is 18.6. The fourth-order valence-corrected chi connectivity index (χ4v) is 3.45. The standard InChI is InChI=1S/C12H23NO2S/c1-13-11(10-5-3-4-6-10)9-16-8-7-12(14)15-2/h10-11,13H,3-9H2,1-2H3. The van der Waals surface area contributed by atoms with Crippen molar-refractivity contribution in [2.24, 2.45) is 5.92 Å². The van der Waals surface area contributed by atoms with Crippen LogP contribution in [0, 0.1) is 5.92 Å². The molecule has 0 amide bonds. The van der Waals surface area contributed by atoms with Crippen LogP contribution in [0.2, 0.25) is 0 Å². The third-order valence-electron chi connectivity index (χ3n) is 3.32. The summed E-state index contributed by atoms with van der Waals surface area (Å²) in [6.07, 6.45) is 6.03. The van der Waals surface area contributed by atoms with Gasteiger partial charge in [-0.05, 0) is 25.8 Å². The van der Waals surface area contributed by atoms with Gasteiger partial charge in [-0.15, -0.1) is 0 Å². The molecule has 0 saturated heterocycles. The Morgan fingerprint density at radius 2 is 2.19 bits per heavy atom. The number of ether oxygens (including phenoxy) is 1. The monoisotopic (exact) mass is 245 g/mol. The zero-order valence-electron chi connectivity index (χ0n) is 10.3. The van der Waals surface area contributed by atoms with E-state index in [1.54, 1.807) is 0 Å². The Balaban J connectivity index is 2.11. The van der Waals surface area contributed by atoms with Gasteiger partial charge in [-0.2, -0.15) is 11.8 Å². The zero-order chi connectivity index (χ0) is 11.8. The van der Waals surface area contributed by atoms with Gasteiger partial charge in [-0.1, -0.05) is 12.8 Å². The maximum atomic E-state index is 10.9. The maximum absolute atomic E-state index is 10.9. The predicted octanol–water partition coefficient (Wildman–Crippen LogP) is 2.06. The smallest absolute Gasteiger partial charge is 0.306 e. The second kappa shape index (κ2) is 7.96. The van der Waals surface area contributed by atoms with Crippen LogP contribution in [0.1, 0.15) is 32.1 Å². The largest absolute Gasteiger partial charge is 0.469 e. The average Bonchev–Trinajstić information content (AvgIpc) is 2.82. The molecule has 4 heteroatoms. The van der Waals surface area contributed by atoms with Crippen LogP contribution in [0.25, 0.3) is 0 Å². The highest BCUT2D eigenvalue weighted by molar-refractivity contribution is 7.99. The van der Waals surface area contributed by atoms with Crippen molar-refractivity contribution in [2.75, 3.05) is 25.7 Å². The first-order valence-corrected chi connectivity index (χ1v) is 7.25. The van der Waals surface area contributed by atoms with Crippen LogP contribution in [0.3, 0.4) is 0 Å². The molecule has 3 nitrogen and oxygen atoms in total. The number of esters is 1. The van der Waals surface area contributed by atoms with Crippen LogP contribution in [-0.2, 0) is 9.53 Å². The van der Waals surface area contributed by atoms with E-state index in [-0.39, 0.29) is 5.97 Å². The average molecular weight is 245 g/mol. The Kier molecular flexibility index (Phi) is 6.88. The molecule has 1 aliphatic carbocycles. The predicted molar refractivity (Wildman–Crippen MR) is 68.8 cm³/mol.